The van der Waals surface area contributed by atoms with Gasteiger partial charge in [0.05, 0.1) is 32.4 Å². The number of urea groups is 1. The van der Waals surface area contributed by atoms with E-state index < -0.39 is 12.0 Å². The number of hydrogen-bond acceptors (Lipinski definition) is 6. The lowest BCUT2D eigenvalue weighted by Crippen LogP contribution is -2.51. The van der Waals surface area contributed by atoms with Gasteiger partial charge >= 0.3 is 12.0 Å². The summed E-state index contributed by atoms with van der Waals surface area (Å²) in [5.41, 5.74) is 1.94. The molecule has 2 N–H and O–H groups in total. The topological polar surface area (TPSA) is 89.1 Å². The number of likely N-dealkylation sites (N-methyl/N-ethyl adjacent to an activating group) is 1. The third kappa shape index (κ3) is 5.13. The molecule has 8 heteroatoms. The molecule has 0 spiro atoms. The van der Waals surface area contributed by atoms with E-state index >= 15 is 0 Å². The number of amides is 2. The summed E-state index contributed by atoms with van der Waals surface area (Å²) >= 11 is 0. The summed E-state index contributed by atoms with van der Waals surface area (Å²) in [7, 11) is 5.11. The predicted molar refractivity (Wildman–Crippen MR) is 101 cm³/mol. The zero-order valence-corrected chi connectivity index (χ0v) is 16.4. The number of nitrogens with zero attached hydrogens (tertiary/aromatic N) is 1. The minimum Gasteiger partial charge on any atom is -0.497 e. The van der Waals surface area contributed by atoms with Gasteiger partial charge in [-0.25, -0.2) is 9.59 Å². The summed E-state index contributed by atoms with van der Waals surface area (Å²) in [4.78, 5) is 26.2. The molecule has 0 aliphatic carbocycles. The molecule has 0 radical (unpaired) electrons. The average Bonchev–Trinajstić information content (AvgIpc) is 2.61. The summed E-state index contributed by atoms with van der Waals surface area (Å²) < 4.78 is 15.8. The van der Waals surface area contributed by atoms with Crippen molar-refractivity contribution >= 4 is 12.0 Å². The fourth-order valence-electron chi connectivity index (χ4n) is 3.00. The molecule has 8 nitrogen and oxygen atoms in total. The maximum atomic E-state index is 12.3. The van der Waals surface area contributed by atoms with Crippen LogP contribution in [0.4, 0.5) is 4.79 Å². The van der Waals surface area contributed by atoms with Gasteiger partial charge in [0.2, 0.25) is 0 Å². The lowest BCUT2D eigenvalue weighted by Gasteiger charge is -2.29. The van der Waals surface area contributed by atoms with Gasteiger partial charge in [0.1, 0.15) is 11.5 Å². The molecule has 0 aromatic heterocycles. The summed E-state index contributed by atoms with van der Waals surface area (Å²) in [6, 6.07) is 4.86. The van der Waals surface area contributed by atoms with Gasteiger partial charge in [-0.15, -0.1) is 0 Å². The van der Waals surface area contributed by atoms with Crippen LogP contribution in [0, 0.1) is 0 Å². The first-order valence-corrected chi connectivity index (χ1v) is 8.76. The Bertz CT molecular complexity index is 732. The van der Waals surface area contributed by atoms with E-state index in [0.717, 1.165) is 5.56 Å². The lowest BCUT2D eigenvalue weighted by atomic mass is 10.0. The van der Waals surface area contributed by atoms with Gasteiger partial charge in [-0.2, -0.15) is 0 Å². The number of carbonyl (C=O) groups is 2. The van der Waals surface area contributed by atoms with Gasteiger partial charge in [-0.1, -0.05) is 6.07 Å². The number of rotatable bonds is 8. The van der Waals surface area contributed by atoms with Crippen molar-refractivity contribution < 1.29 is 23.8 Å². The quantitative estimate of drug-likeness (QED) is 0.670. The molecule has 1 aliphatic rings. The first-order valence-electron chi connectivity index (χ1n) is 8.76. The number of carbonyl (C=O) groups excluding carboxylic acids is 2. The van der Waals surface area contributed by atoms with E-state index in [1.807, 2.05) is 30.1 Å². The van der Waals surface area contributed by atoms with Gasteiger partial charge in [0.25, 0.3) is 0 Å². The molecule has 0 fully saturated rings. The van der Waals surface area contributed by atoms with Gasteiger partial charge in [-0.05, 0) is 27.0 Å². The van der Waals surface area contributed by atoms with Crippen LogP contribution in [0.25, 0.3) is 0 Å². The summed E-state index contributed by atoms with van der Waals surface area (Å²) in [6.45, 7) is 4.72. The summed E-state index contributed by atoms with van der Waals surface area (Å²) in [5.74, 6) is 0.997. The van der Waals surface area contributed by atoms with Gasteiger partial charge in [0, 0.05) is 30.4 Å². The van der Waals surface area contributed by atoms with Crippen molar-refractivity contribution in [2.45, 2.75) is 26.4 Å². The third-order valence-electron chi connectivity index (χ3n) is 4.23. The van der Waals surface area contributed by atoms with E-state index in [-0.39, 0.29) is 12.6 Å². The monoisotopic (exact) mass is 377 g/mol. The number of methoxy groups -OCH3 is 2. The van der Waals surface area contributed by atoms with Crippen LogP contribution in [0.5, 0.6) is 11.5 Å². The van der Waals surface area contributed by atoms with Crippen LogP contribution in [0.2, 0.25) is 0 Å². The third-order valence-corrected chi connectivity index (χ3v) is 4.23. The molecule has 1 aromatic carbocycles. The van der Waals surface area contributed by atoms with Gasteiger partial charge < -0.3 is 24.8 Å². The Morgan fingerprint density at radius 2 is 1.96 bits per heavy atom. The number of benzene rings is 1. The van der Waals surface area contributed by atoms with Crippen LogP contribution in [0.1, 0.15) is 19.4 Å². The van der Waals surface area contributed by atoms with E-state index in [0.29, 0.717) is 35.9 Å². The zero-order valence-electron chi connectivity index (χ0n) is 16.4. The fraction of sp³-hybridized carbons (Fsp3) is 0.474. The molecular weight excluding hydrogens is 350 g/mol. The smallest absolute Gasteiger partial charge is 0.337 e. The van der Waals surface area contributed by atoms with E-state index in [1.54, 1.807) is 28.1 Å². The Hall–Kier alpha value is -2.74. The second-order valence-corrected chi connectivity index (χ2v) is 6.28. The summed E-state index contributed by atoms with van der Waals surface area (Å²) in [5, 5.41) is 5.43. The molecule has 0 bridgehead atoms. The van der Waals surface area contributed by atoms with Gasteiger partial charge in [0.15, 0.2) is 0 Å². The predicted octanol–water partition coefficient (Wildman–Crippen LogP) is 1.65. The van der Waals surface area contributed by atoms with Gasteiger partial charge in [-0.3, -0.25) is 4.90 Å². The summed E-state index contributed by atoms with van der Waals surface area (Å²) in [6.07, 6.45) is 0. The van der Waals surface area contributed by atoms with Crippen molar-refractivity contribution in [2.24, 2.45) is 0 Å². The van der Waals surface area contributed by atoms with Crippen LogP contribution < -0.4 is 20.1 Å². The van der Waals surface area contributed by atoms with Crippen molar-refractivity contribution in [2.75, 3.05) is 34.4 Å². The van der Waals surface area contributed by atoms with E-state index in [1.165, 1.54) is 0 Å². The molecule has 27 heavy (non-hydrogen) atoms. The second-order valence-electron chi connectivity index (χ2n) is 6.28. The SMILES string of the molecule is CCOC(=O)C1=C(CN(C)Cc2ccc(OC)cc2OC)NC(=O)N[C@@H]1C. The van der Waals surface area contributed by atoms with E-state index in [4.69, 9.17) is 14.2 Å². The van der Waals surface area contributed by atoms with Crippen molar-refractivity contribution in [1.29, 1.82) is 0 Å². The fourth-order valence-corrected chi connectivity index (χ4v) is 3.00. The minimum absolute atomic E-state index is 0.273. The van der Waals surface area contributed by atoms with Crippen molar-refractivity contribution in [3.8, 4) is 11.5 Å². The van der Waals surface area contributed by atoms with Crippen molar-refractivity contribution in [1.82, 2.24) is 15.5 Å². The largest absolute Gasteiger partial charge is 0.497 e. The van der Waals surface area contributed by atoms with Crippen LogP contribution in [-0.2, 0) is 16.1 Å². The molecule has 2 rings (SSSR count). The molecule has 1 heterocycles. The van der Waals surface area contributed by atoms with Crippen molar-refractivity contribution in [3.05, 3.63) is 35.0 Å². The highest BCUT2D eigenvalue weighted by atomic mass is 16.5. The molecule has 0 unspecified atom stereocenters. The molecule has 1 aromatic rings. The van der Waals surface area contributed by atoms with Crippen LogP contribution in [0.15, 0.2) is 29.5 Å². The Morgan fingerprint density at radius 3 is 2.59 bits per heavy atom. The first-order chi connectivity index (χ1) is 12.9. The first kappa shape index (κ1) is 20.6. The molecule has 1 aliphatic heterocycles. The number of esters is 1. The maximum absolute atomic E-state index is 12.3. The Labute approximate surface area is 159 Å². The normalized spacial score (nSPS) is 16.7. The number of ether oxygens (including phenoxy) is 3. The molecule has 0 saturated heterocycles. The molecule has 2 amide bonds. The Morgan fingerprint density at radius 1 is 1.22 bits per heavy atom. The lowest BCUT2D eigenvalue weighted by molar-refractivity contribution is -0.139. The number of hydrogen-bond donors (Lipinski definition) is 2. The second kappa shape index (κ2) is 9.27. The van der Waals surface area contributed by atoms with E-state index in [2.05, 4.69) is 10.6 Å². The minimum atomic E-state index is -0.428. The van der Waals surface area contributed by atoms with Crippen molar-refractivity contribution in [3.63, 3.8) is 0 Å². The molecule has 148 valence electrons. The maximum Gasteiger partial charge on any atom is 0.337 e. The highest BCUT2D eigenvalue weighted by Gasteiger charge is 2.30. The average molecular weight is 377 g/mol. The zero-order chi connectivity index (χ0) is 20.0. The van der Waals surface area contributed by atoms with Crippen LogP contribution in [-0.4, -0.2) is 57.4 Å². The molecule has 0 saturated carbocycles. The number of nitrogens with one attached hydrogen (secondary N) is 2. The van der Waals surface area contributed by atoms with Crippen LogP contribution >= 0.6 is 0 Å². The highest BCUT2D eigenvalue weighted by molar-refractivity contribution is 5.94. The highest BCUT2D eigenvalue weighted by Crippen LogP contribution is 2.26. The molecule has 1 atom stereocenters. The Kier molecular flexibility index (Phi) is 7.06. The Balaban J connectivity index is 2.21. The van der Waals surface area contributed by atoms with Crippen LogP contribution in [0.3, 0.4) is 0 Å². The molecular formula is C19H27N3O5. The standard InChI is InChI=1S/C19H27N3O5/c1-6-27-18(23)17-12(2)20-19(24)21-15(17)11-22(3)10-13-7-8-14(25-4)9-16(13)26-5/h7-9,12H,6,10-11H2,1-5H3,(H2,20,21,24)/t12-/m1/s1. The van der Waals surface area contributed by atoms with E-state index in [9.17, 15) is 9.59 Å².